The number of halogens is 2. The van der Waals surface area contributed by atoms with Gasteiger partial charge in [-0.05, 0) is 13.0 Å². The van der Waals surface area contributed by atoms with Crippen LogP contribution in [0.5, 0.6) is 0 Å². The molecule has 4 heteroatoms. The van der Waals surface area contributed by atoms with Crippen molar-refractivity contribution in [1.82, 2.24) is 10.2 Å². The van der Waals surface area contributed by atoms with Gasteiger partial charge in [0.1, 0.15) is 0 Å². The van der Waals surface area contributed by atoms with Gasteiger partial charge in [0.25, 0.3) is 0 Å². The van der Waals surface area contributed by atoms with Gasteiger partial charge in [-0.3, -0.25) is 0 Å². The van der Waals surface area contributed by atoms with Gasteiger partial charge in [-0.2, -0.15) is 0 Å². The van der Waals surface area contributed by atoms with Gasteiger partial charge in [-0.15, -0.1) is 24.8 Å². The lowest BCUT2D eigenvalue weighted by Gasteiger charge is -2.33. The Kier molecular flexibility index (Phi) is 8.69. The third-order valence-electron chi connectivity index (χ3n) is 2.21. The molecule has 1 aliphatic heterocycles. The zero-order valence-electron chi connectivity index (χ0n) is 8.04. The van der Waals surface area contributed by atoms with E-state index in [1.165, 1.54) is 13.1 Å². The normalized spacial score (nSPS) is 24.5. The lowest BCUT2D eigenvalue weighted by molar-refractivity contribution is 0.207. The third kappa shape index (κ3) is 4.51. The van der Waals surface area contributed by atoms with E-state index >= 15 is 0 Å². The molecule has 1 saturated heterocycles. The van der Waals surface area contributed by atoms with E-state index in [-0.39, 0.29) is 24.8 Å². The molecule has 0 aliphatic carbocycles. The van der Waals surface area contributed by atoms with Crippen LogP contribution in [0.15, 0.2) is 0 Å². The fourth-order valence-corrected chi connectivity index (χ4v) is 1.38. The SMILES string of the molecule is CC(C)[C@H]1CN(C)CCN1.Cl.Cl. The van der Waals surface area contributed by atoms with E-state index < -0.39 is 0 Å². The maximum atomic E-state index is 3.51. The highest BCUT2D eigenvalue weighted by molar-refractivity contribution is 5.85. The summed E-state index contributed by atoms with van der Waals surface area (Å²) in [5, 5.41) is 3.51. The Hall–Kier alpha value is 0.500. The van der Waals surface area contributed by atoms with Crippen LogP contribution in [0.2, 0.25) is 0 Å². The van der Waals surface area contributed by atoms with Crippen molar-refractivity contribution in [2.45, 2.75) is 19.9 Å². The summed E-state index contributed by atoms with van der Waals surface area (Å²) in [7, 11) is 2.19. The first-order valence-electron chi connectivity index (χ1n) is 4.12. The van der Waals surface area contributed by atoms with E-state index in [4.69, 9.17) is 0 Å². The number of hydrogen-bond acceptors (Lipinski definition) is 2. The van der Waals surface area contributed by atoms with Gasteiger partial charge in [-0.1, -0.05) is 13.8 Å². The Bertz CT molecular complexity index is 109. The molecule has 1 rings (SSSR count). The molecule has 0 amide bonds. The predicted octanol–water partition coefficient (Wildman–Crippen LogP) is 1.39. The van der Waals surface area contributed by atoms with E-state index in [1.54, 1.807) is 0 Å². The molecule has 0 saturated carbocycles. The second kappa shape index (κ2) is 6.96. The quantitative estimate of drug-likeness (QED) is 0.711. The van der Waals surface area contributed by atoms with Crippen LogP contribution in [-0.4, -0.2) is 37.6 Å². The van der Waals surface area contributed by atoms with E-state index in [9.17, 15) is 0 Å². The van der Waals surface area contributed by atoms with Gasteiger partial charge < -0.3 is 10.2 Å². The molecule has 1 fully saturated rings. The summed E-state index contributed by atoms with van der Waals surface area (Å²) in [5.41, 5.74) is 0. The summed E-state index contributed by atoms with van der Waals surface area (Å²) in [5.74, 6) is 0.766. The van der Waals surface area contributed by atoms with Gasteiger partial charge in [0.2, 0.25) is 0 Å². The molecule has 0 aromatic carbocycles. The van der Waals surface area contributed by atoms with Crippen LogP contribution in [0.3, 0.4) is 0 Å². The van der Waals surface area contributed by atoms with Crippen molar-refractivity contribution in [2.24, 2.45) is 5.92 Å². The summed E-state index contributed by atoms with van der Waals surface area (Å²) in [4.78, 5) is 2.39. The fourth-order valence-electron chi connectivity index (χ4n) is 1.38. The maximum Gasteiger partial charge on any atom is 0.0218 e. The standard InChI is InChI=1S/C8H18N2.2ClH/c1-7(2)8-6-10(3)5-4-9-8;;/h7-9H,4-6H2,1-3H3;2*1H/t8-;;/m1../s1. The van der Waals surface area contributed by atoms with Gasteiger partial charge >= 0.3 is 0 Å². The Morgan fingerprint density at radius 1 is 1.33 bits per heavy atom. The first-order chi connectivity index (χ1) is 4.70. The average molecular weight is 215 g/mol. The van der Waals surface area contributed by atoms with Crippen LogP contribution in [0.25, 0.3) is 0 Å². The van der Waals surface area contributed by atoms with Crippen molar-refractivity contribution in [1.29, 1.82) is 0 Å². The molecule has 1 N–H and O–H groups in total. The highest BCUT2D eigenvalue weighted by Crippen LogP contribution is 2.05. The molecule has 0 unspecified atom stereocenters. The molecule has 0 spiro atoms. The largest absolute Gasteiger partial charge is 0.311 e. The third-order valence-corrected chi connectivity index (χ3v) is 2.21. The zero-order chi connectivity index (χ0) is 7.56. The summed E-state index contributed by atoms with van der Waals surface area (Å²) in [6.45, 7) is 8.11. The number of rotatable bonds is 1. The van der Waals surface area contributed by atoms with Crippen LogP contribution in [0.1, 0.15) is 13.8 Å². The molecule has 1 atom stereocenters. The number of hydrogen-bond donors (Lipinski definition) is 1. The van der Waals surface area contributed by atoms with E-state index in [0.29, 0.717) is 6.04 Å². The van der Waals surface area contributed by atoms with Crippen LogP contribution in [0.4, 0.5) is 0 Å². The lowest BCUT2D eigenvalue weighted by atomic mass is 10.0. The van der Waals surface area contributed by atoms with Crippen molar-refractivity contribution in [3.05, 3.63) is 0 Å². The molecule has 2 nitrogen and oxygen atoms in total. The molecule has 1 aliphatic rings. The van der Waals surface area contributed by atoms with Crippen LogP contribution in [-0.2, 0) is 0 Å². The second-order valence-electron chi connectivity index (χ2n) is 3.57. The van der Waals surface area contributed by atoms with E-state index in [2.05, 4.69) is 31.1 Å². The van der Waals surface area contributed by atoms with Crippen LogP contribution >= 0.6 is 24.8 Å². The molecule has 1 heterocycles. The van der Waals surface area contributed by atoms with Crippen molar-refractivity contribution >= 4 is 24.8 Å². The Labute approximate surface area is 87.9 Å². The van der Waals surface area contributed by atoms with Crippen molar-refractivity contribution in [3.63, 3.8) is 0 Å². The molecule has 12 heavy (non-hydrogen) atoms. The molecule has 0 aromatic rings. The summed E-state index contributed by atoms with van der Waals surface area (Å²) in [6, 6.07) is 0.707. The minimum absolute atomic E-state index is 0. The van der Waals surface area contributed by atoms with Crippen molar-refractivity contribution < 1.29 is 0 Å². The zero-order valence-corrected chi connectivity index (χ0v) is 9.67. The number of piperazine rings is 1. The average Bonchev–Trinajstić information content (AvgIpc) is 1.88. The minimum Gasteiger partial charge on any atom is -0.311 e. The van der Waals surface area contributed by atoms with Gasteiger partial charge in [0, 0.05) is 25.7 Å². The highest BCUT2D eigenvalue weighted by Gasteiger charge is 2.18. The van der Waals surface area contributed by atoms with E-state index in [0.717, 1.165) is 12.5 Å². The predicted molar refractivity (Wildman–Crippen MR) is 58.6 cm³/mol. The summed E-state index contributed by atoms with van der Waals surface area (Å²) in [6.07, 6.45) is 0. The summed E-state index contributed by atoms with van der Waals surface area (Å²) < 4.78 is 0. The number of nitrogens with zero attached hydrogens (tertiary/aromatic N) is 1. The van der Waals surface area contributed by atoms with Crippen molar-refractivity contribution in [2.75, 3.05) is 26.7 Å². The van der Waals surface area contributed by atoms with Gasteiger partial charge in [0.15, 0.2) is 0 Å². The lowest BCUT2D eigenvalue weighted by Crippen LogP contribution is -2.51. The summed E-state index contributed by atoms with van der Waals surface area (Å²) >= 11 is 0. The molecule has 76 valence electrons. The fraction of sp³-hybridized carbons (Fsp3) is 1.00. The Morgan fingerprint density at radius 2 is 1.92 bits per heavy atom. The Morgan fingerprint density at radius 3 is 2.25 bits per heavy atom. The van der Waals surface area contributed by atoms with Crippen LogP contribution < -0.4 is 5.32 Å². The Balaban J connectivity index is 0. The van der Waals surface area contributed by atoms with E-state index in [1.807, 2.05) is 0 Å². The molecular formula is C8H20Cl2N2. The van der Waals surface area contributed by atoms with Gasteiger partial charge in [0.05, 0.1) is 0 Å². The molecule has 0 aromatic heterocycles. The maximum absolute atomic E-state index is 3.51. The first kappa shape index (κ1) is 15.0. The van der Waals surface area contributed by atoms with Gasteiger partial charge in [-0.25, -0.2) is 0 Å². The minimum atomic E-state index is 0. The molecule has 0 bridgehead atoms. The topological polar surface area (TPSA) is 15.3 Å². The monoisotopic (exact) mass is 214 g/mol. The molecular weight excluding hydrogens is 195 g/mol. The second-order valence-corrected chi connectivity index (χ2v) is 3.57. The smallest absolute Gasteiger partial charge is 0.0218 e. The first-order valence-corrected chi connectivity index (χ1v) is 4.12. The van der Waals surface area contributed by atoms with Crippen molar-refractivity contribution in [3.8, 4) is 0 Å². The number of nitrogens with one attached hydrogen (secondary N) is 1. The van der Waals surface area contributed by atoms with Crippen LogP contribution in [0, 0.1) is 5.92 Å². The number of likely N-dealkylation sites (N-methyl/N-ethyl adjacent to an activating group) is 1. The molecule has 0 radical (unpaired) electrons. The highest BCUT2D eigenvalue weighted by atomic mass is 35.5.